The first-order chi connectivity index (χ1) is 10.4. The maximum Gasteiger partial charge on any atom is 0.332 e. The van der Waals surface area contributed by atoms with Crippen LogP contribution in [0.15, 0.2) is 39.9 Å². The molecule has 0 unspecified atom stereocenters. The molecule has 1 aromatic heterocycles. The second kappa shape index (κ2) is 6.17. The molecular formula is C14H17N5O3. The summed E-state index contributed by atoms with van der Waals surface area (Å²) in [4.78, 5) is 35.6. The molecule has 22 heavy (non-hydrogen) atoms. The van der Waals surface area contributed by atoms with Crippen LogP contribution in [0.3, 0.4) is 0 Å². The molecule has 4 N–H and O–H groups in total. The van der Waals surface area contributed by atoms with Crippen LogP contribution >= 0.6 is 0 Å². The van der Waals surface area contributed by atoms with Crippen molar-refractivity contribution in [2.45, 2.75) is 0 Å². The molecule has 0 saturated carbocycles. The first kappa shape index (κ1) is 15.4. The van der Waals surface area contributed by atoms with E-state index in [9.17, 15) is 14.4 Å². The van der Waals surface area contributed by atoms with E-state index in [-0.39, 0.29) is 18.1 Å². The van der Waals surface area contributed by atoms with Gasteiger partial charge in [0.15, 0.2) is 0 Å². The minimum atomic E-state index is -0.645. The third-order valence-corrected chi connectivity index (χ3v) is 3.20. The Balaban J connectivity index is 2.16. The highest BCUT2D eigenvalue weighted by Gasteiger charge is 2.15. The molecule has 0 aliphatic rings. The van der Waals surface area contributed by atoms with Crippen LogP contribution in [-0.4, -0.2) is 21.6 Å². The number of nitrogens with one attached hydrogen (secondary N) is 2. The summed E-state index contributed by atoms with van der Waals surface area (Å²) in [5.41, 5.74) is 5.20. The van der Waals surface area contributed by atoms with Crippen molar-refractivity contribution in [1.29, 1.82) is 0 Å². The number of benzene rings is 1. The molecule has 0 bridgehead atoms. The van der Waals surface area contributed by atoms with Crippen LogP contribution in [0, 0.1) is 0 Å². The normalized spacial score (nSPS) is 10.3. The molecule has 2 rings (SSSR count). The standard InChI is InChI=1S/C14H17N5O3/c1-18-12(15)11(13(21)19(2)14(18)22)17-10(20)8-16-9-6-4-3-5-7-9/h3-7,16H,8,15H2,1-2H3,(H,17,20). The molecule has 0 aliphatic heterocycles. The van der Waals surface area contributed by atoms with Gasteiger partial charge < -0.3 is 16.4 Å². The summed E-state index contributed by atoms with van der Waals surface area (Å²) in [6.45, 7) is -0.0323. The van der Waals surface area contributed by atoms with Crippen LogP contribution in [0.5, 0.6) is 0 Å². The minimum Gasteiger partial charge on any atom is -0.383 e. The number of nitrogen functional groups attached to an aromatic ring is 1. The van der Waals surface area contributed by atoms with Gasteiger partial charge in [0.2, 0.25) is 5.91 Å². The van der Waals surface area contributed by atoms with Crippen molar-refractivity contribution in [3.8, 4) is 0 Å². The fourth-order valence-corrected chi connectivity index (χ4v) is 1.90. The van der Waals surface area contributed by atoms with Crippen molar-refractivity contribution >= 4 is 23.1 Å². The fourth-order valence-electron chi connectivity index (χ4n) is 1.90. The first-order valence-electron chi connectivity index (χ1n) is 6.56. The second-order valence-corrected chi connectivity index (χ2v) is 4.73. The van der Waals surface area contributed by atoms with E-state index in [0.29, 0.717) is 0 Å². The molecule has 2 aromatic rings. The Morgan fingerprint density at radius 1 is 1.14 bits per heavy atom. The van der Waals surface area contributed by atoms with Crippen molar-refractivity contribution in [2.75, 3.05) is 22.9 Å². The van der Waals surface area contributed by atoms with E-state index in [0.717, 1.165) is 14.8 Å². The molecule has 1 amide bonds. The molecule has 8 heteroatoms. The highest BCUT2D eigenvalue weighted by atomic mass is 16.2. The van der Waals surface area contributed by atoms with Gasteiger partial charge in [-0.15, -0.1) is 0 Å². The maximum absolute atomic E-state index is 12.0. The van der Waals surface area contributed by atoms with Gasteiger partial charge in [-0.3, -0.25) is 18.7 Å². The van der Waals surface area contributed by atoms with Gasteiger partial charge in [0.25, 0.3) is 5.56 Å². The molecular weight excluding hydrogens is 286 g/mol. The van der Waals surface area contributed by atoms with E-state index in [1.807, 2.05) is 30.3 Å². The first-order valence-corrected chi connectivity index (χ1v) is 6.56. The smallest absolute Gasteiger partial charge is 0.332 e. The largest absolute Gasteiger partial charge is 0.383 e. The van der Waals surface area contributed by atoms with Gasteiger partial charge in [-0.2, -0.15) is 0 Å². The third-order valence-electron chi connectivity index (χ3n) is 3.20. The van der Waals surface area contributed by atoms with Gasteiger partial charge in [-0.1, -0.05) is 18.2 Å². The van der Waals surface area contributed by atoms with E-state index in [1.165, 1.54) is 14.1 Å². The van der Waals surface area contributed by atoms with Gasteiger partial charge in [0.1, 0.15) is 11.5 Å². The zero-order valence-electron chi connectivity index (χ0n) is 12.3. The van der Waals surface area contributed by atoms with Crippen molar-refractivity contribution in [3.05, 3.63) is 51.2 Å². The molecule has 0 radical (unpaired) electrons. The molecule has 1 aromatic carbocycles. The third kappa shape index (κ3) is 3.00. The van der Waals surface area contributed by atoms with Gasteiger partial charge >= 0.3 is 5.69 Å². The lowest BCUT2D eigenvalue weighted by Gasteiger charge is -2.13. The Hall–Kier alpha value is -3.03. The van der Waals surface area contributed by atoms with Crippen molar-refractivity contribution < 1.29 is 4.79 Å². The molecule has 116 valence electrons. The Morgan fingerprint density at radius 2 is 1.77 bits per heavy atom. The Labute approximate surface area is 126 Å². The summed E-state index contributed by atoms with van der Waals surface area (Å²) in [5, 5.41) is 5.35. The van der Waals surface area contributed by atoms with E-state index in [2.05, 4.69) is 10.6 Å². The maximum atomic E-state index is 12.0. The number of anilines is 3. The minimum absolute atomic E-state index is 0.0323. The van der Waals surface area contributed by atoms with E-state index in [4.69, 9.17) is 5.73 Å². The Bertz CT molecular complexity index is 808. The SMILES string of the molecule is Cn1c(N)c(NC(=O)CNc2ccccc2)c(=O)n(C)c1=O. The highest BCUT2D eigenvalue weighted by molar-refractivity contribution is 5.95. The van der Waals surface area contributed by atoms with Crippen LogP contribution < -0.4 is 27.6 Å². The lowest BCUT2D eigenvalue weighted by molar-refractivity contribution is -0.114. The van der Waals surface area contributed by atoms with Crippen LogP contribution in [-0.2, 0) is 18.9 Å². The van der Waals surface area contributed by atoms with Crippen LogP contribution in [0.1, 0.15) is 0 Å². The van der Waals surface area contributed by atoms with E-state index in [1.54, 1.807) is 0 Å². The average molecular weight is 303 g/mol. The van der Waals surface area contributed by atoms with Crippen LogP contribution in [0.4, 0.5) is 17.2 Å². The predicted molar refractivity (Wildman–Crippen MR) is 84.9 cm³/mol. The summed E-state index contributed by atoms with van der Waals surface area (Å²) >= 11 is 0. The number of aromatic nitrogens is 2. The summed E-state index contributed by atoms with van der Waals surface area (Å²) in [6, 6.07) is 9.15. The summed E-state index contributed by atoms with van der Waals surface area (Å²) in [6.07, 6.45) is 0. The number of nitrogens with two attached hydrogens (primary N) is 1. The number of amides is 1. The number of hydrogen-bond donors (Lipinski definition) is 3. The summed E-state index contributed by atoms with van der Waals surface area (Å²) in [5.74, 6) is -0.521. The van der Waals surface area contributed by atoms with Crippen LogP contribution in [0.2, 0.25) is 0 Å². The number of carbonyl (C=O) groups is 1. The highest BCUT2D eigenvalue weighted by Crippen LogP contribution is 2.09. The van der Waals surface area contributed by atoms with Crippen molar-refractivity contribution in [2.24, 2.45) is 14.1 Å². The van der Waals surface area contributed by atoms with Gasteiger partial charge in [-0.05, 0) is 12.1 Å². The van der Waals surface area contributed by atoms with Crippen molar-refractivity contribution in [3.63, 3.8) is 0 Å². The number of rotatable bonds is 4. The van der Waals surface area contributed by atoms with Gasteiger partial charge in [0, 0.05) is 19.8 Å². The number of nitrogens with zero attached hydrogens (tertiary/aromatic N) is 2. The number of para-hydroxylation sites is 1. The molecule has 1 heterocycles. The zero-order valence-corrected chi connectivity index (χ0v) is 12.3. The summed E-state index contributed by atoms with van der Waals surface area (Å²) in [7, 11) is 2.75. The van der Waals surface area contributed by atoms with Gasteiger partial charge in [0.05, 0.1) is 6.54 Å². The molecule has 0 aliphatic carbocycles. The molecule has 0 spiro atoms. The molecule has 0 atom stereocenters. The predicted octanol–water partition coefficient (Wildman–Crippen LogP) is -0.283. The van der Waals surface area contributed by atoms with E-state index < -0.39 is 17.2 Å². The monoisotopic (exact) mass is 303 g/mol. The molecule has 0 saturated heterocycles. The molecule has 0 fully saturated rings. The average Bonchev–Trinajstić information content (AvgIpc) is 2.54. The van der Waals surface area contributed by atoms with Crippen LogP contribution in [0.25, 0.3) is 0 Å². The zero-order chi connectivity index (χ0) is 16.3. The number of hydrogen-bond acceptors (Lipinski definition) is 5. The lowest BCUT2D eigenvalue weighted by Crippen LogP contribution is -2.40. The van der Waals surface area contributed by atoms with Crippen molar-refractivity contribution in [1.82, 2.24) is 9.13 Å². The molecule has 8 nitrogen and oxygen atoms in total. The lowest BCUT2D eigenvalue weighted by atomic mass is 10.3. The second-order valence-electron chi connectivity index (χ2n) is 4.73. The fraction of sp³-hybridized carbons (Fsp3) is 0.214. The topological polar surface area (TPSA) is 111 Å². The van der Waals surface area contributed by atoms with Gasteiger partial charge in [-0.25, -0.2) is 4.79 Å². The Kier molecular flexibility index (Phi) is 4.31. The van der Waals surface area contributed by atoms with E-state index >= 15 is 0 Å². The summed E-state index contributed by atoms with van der Waals surface area (Å²) < 4.78 is 1.98. The quantitative estimate of drug-likeness (QED) is 0.719. The Morgan fingerprint density at radius 3 is 2.41 bits per heavy atom. The number of carbonyl (C=O) groups excluding carboxylic acids is 1.